The van der Waals surface area contributed by atoms with Crippen molar-refractivity contribution < 1.29 is 0 Å². The Bertz CT molecular complexity index is 560. The normalized spacial score (nSPS) is 11.2. The minimum atomic E-state index is 0.274. The molecule has 2 aromatic rings. The molecule has 0 aliphatic carbocycles. The molecule has 0 fully saturated rings. The van der Waals surface area contributed by atoms with Crippen molar-refractivity contribution in [2.75, 3.05) is 0 Å². The zero-order valence-electron chi connectivity index (χ0n) is 10.8. The van der Waals surface area contributed by atoms with Crippen molar-refractivity contribution in [1.82, 2.24) is 14.8 Å². The summed E-state index contributed by atoms with van der Waals surface area (Å²) in [5.74, 6) is 1.83. The van der Waals surface area contributed by atoms with Crippen LogP contribution >= 0.6 is 11.6 Å². The number of benzene rings is 1. The molecule has 0 saturated carbocycles. The topological polar surface area (TPSA) is 56.7 Å². The van der Waals surface area contributed by atoms with Gasteiger partial charge in [-0.3, -0.25) is 0 Å². The first-order chi connectivity index (χ1) is 8.54. The summed E-state index contributed by atoms with van der Waals surface area (Å²) in [6, 6.07) is 5.74. The molecule has 0 amide bonds. The van der Waals surface area contributed by atoms with E-state index in [0.717, 1.165) is 27.9 Å². The van der Waals surface area contributed by atoms with Crippen molar-refractivity contribution in [2.45, 2.75) is 33.2 Å². The second-order valence-electron chi connectivity index (χ2n) is 4.54. The molecule has 4 nitrogen and oxygen atoms in total. The molecule has 0 unspecified atom stereocenters. The van der Waals surface area contributed by atoms with Crippen LogP contribution in [0.25, 0.3) is 5.69 Å². The second-order valence-corrected chi connectivity index (χ2v) is 4.95. The molecular weight excluding hydrogens is 248 g/mol. The third-order valence-electron chi connectivity index (χ3n) is 2.86. The molecule has 0 saturated heterocycles. The maximum absolute atomic E-state index is 6.14. The maximum atomic E-state index is 6.14. The third-order valence-corrected chi connectivity index (χ3v) is 3.27. The molecule has 0 aliphatic heterocycles. The number of halogens is 1. The summed E-state index contributed by atoms with van der Waals surface area (Å²) in [5.41, 5.74) is 7.65. The average molecular weight is 265 g/mol. The molecule has 96 valence electrons. The second kappa shape index (κ2) is 5.08. The Kier molecular flexibility index (Phi) is 3.68. The largest absolute Gasteiger partial charge is 0.324 e. The smallest absolute Gasteiger partial charge is 0.153 e. The van der Waals surface area contributed by atoms with Crippen molar-refractivity contribution in [1.29, 1.82) is 0 Å². The predicted octanol–water partition coefficient (Wildman–Crippen LogP) is 2.81. The minimum absolute atomic E-state index is 0.274. The molecule has 0 aliphatic rings. The van der Waals surface area contributed by atoms with Gasteiger partial charge >= 0.3 is 0 Å². The highest BCUT2D eigenvalue weighted by Crippen LogP contribution is 2.23. The van der Waals surface area contributed by atoms with Crippen LogP contribution in [0, 0.1) is 6.92 Å². The summed E-state index contributed by atoms with van der Waals surface area (Å²) in [6.07, 6.45) is 0. The van der Waals surface area contributed by atoms with Crippen LogP contribution in [0.3, 0.4) is 0 Å². The van der Waals surface area contributed by atoms with E-state index in [1.54, 1.807) is 4.68 Å². The van der Waals surface area contributed by atoms with Crippen LogP contribution in [0.15, 0.2) is 18.2 Å². The molecule has 1 aromatic carbocycles. The molecule has 0 atom stereocenters. The highest BCUT2D eigenvalue weighted by Gasteiger charge is 2.14. The van der Waals surface area contributed by atoms with Gasteiger partial charge in [0.15, 0.2) is 5.82 Å². The Hall–Kier alpha value is -1.39. The zero-order valence-corrected chi connectivity index (χ0v) is 11.6. The van der Waals surface area contributed by atoms with E-state index in [-0.39, 0.29) is 5.92 Å². The lowest BCUT2D eigenvalue weighted by Gasteiger charge is -2.09. The Balaban J connectivity index is 2.59. The Morgan fingerprint density at radius 3 is 2.72 bits per heavy atom. The first-order valence-electron chi connectivity index (χ1n) is 5.96. The van der Waals surface area contributed by atoms with Gasteiger partial charge in [0.1, 0.15) is 5.82 Å². The van der Waals surface area contributed by atoms with Gasteiger partial charge in [-0.05, 0) is 24.6 Å². The van der Waals surface area contributed by atoms with Crippen LogP contribution in [0.2, 0.25) is 5.02 Å². The predicted molar refractivity (Wildman–Crippen MR) is 73.1 cm³/mol. The van der Waals surface area contributed by atoms with Crippen LogP contribution in [0.5, 0.6) is 0 Å². The number of nitrogens with zero attached hydrogens (tertiary/aromatic N) is 3. The summed E-state index contributed by atoms with van der Waals surface area (Å²) in [7, 11) is 0. The SMILES string of the molecule is Cc1c(Cl)cccc1-n1nc(C(C)C)nc1CN. The van der Waals surface area contributed by atoms with Gasteiger partial charge in [-0.1, -0.05) is 31.5 Å². The lowest BCUT2D eigenvalue weighted by molar-refractivity contribution is 0.743. The number of nitrogens with two attached hydrogens (primary N) is 1. The van der Waals surface area contributed by atoms with Gasteiger partial charge < -0.3 is 5.73 Å². The number of hydrogen-bond donors (Lipinski definition) is 1. The van der Waals surface area contributed by atoms with Crippen molar-refractivity contribution in [3.8, 4) is 5.69 Å². The molecule has 2 rings (SSSR count). The van der Waals surface area contributed by atoms with Crippen LogP contribution in [0.4, 0.5) is 0 Å². The van der Waals surface area contributed by atoms with E-state index in [9.17, 15) is 0 Å². The summed E-state index contributed by atoms with van der Waals surface area (Å²) in [4.78, 5) is 4.46. The fourth-order valence-electron chi connectivity index (χ4n) is 1.76. The zero-order chi connectivity index (χ0) is 13.3. The van der Waals surface area contributed by atoms with Gasteiger partial charge in [-0.2, -0.15) is 5.10 Å². The first kappa shape index (κ1) is 13.1. The maximum Gasteiger partial charge on any atom is 0.153 e. The fourth-order valence-corrected chi connectivity index (χ4v) is 1.93. The molecule has 5 heteroatoms. The van der Waals surface area contributed by atoms with E-state index in [4.69, 9.17) is 17.3 Å². The van der Waals surface area contributed by atoms with E-state index in [0.29, 0.717) is 6.54 Å². The molecule has 18 heavy (non-hydrogen) atoms. The van der Waals surface area contributed by atoms with Gasteiger partial charge in [0.05, 0.1) is 12.2 Å². The number of rotatable bonds is 3. The molecule has 1 heterocycles. The van der Waals surface area contributed by atoms with Gasteiger partial charge in [-0.25, -0.2) is 9.67 Å². The molecule has 0 radical (unpaired) electrons. The third kappa shape index (κ3) is 2.26. The first-order valence-corrected chi connectivity index (χ1v) is 6.33. The Morgan fingerprint density at radius 1 is 1.39 bits per heavy atom. The summed E-state index contributed by atoms with van der Waals surface area (Å²) < 4.78 is 1.79. The monoisotopic (exact) mass is 264 g/mol. The summed E-state index contributed by atoms with van der Waals surface area (Å²) in [5, 5.41) is 5.24. The lowest BCUT2D eigenvalue weighted by Crippen LogP contribution is -2.09. The van der Waals surface area contributed by atoms with Crippen LogP contribution in [0.1, 0.15) is 37.0 Å². The van der Waals surface area contributed by atoms with E-state index in [2.05, 4.69) is 23.9 Å². The molecular formula is C13H17ClN4. The van der Waals surface area contributed by atoms with Gasteiger partial charge in [-0.15, -0.1) is 0 Å². The number of aromatic nitrogens is 3. The van der Waals surface area contributed by atoms with Crippen molar-refractivity contribution >= 4 is 11.6 Å². The molecule has 0 spiro atoms. The van der Waals surface area contributed by atoms with E-state index in [1.807, 2.05) is 25.1 Å². The summed E-state index contributed by atoms with van der Waals surface area (Å²) in [6.45, 7) is 6.44. The quantitative estimate of drug-likeness (QED) is 0.927. The highest BCUT2D eigenvalue weighted by molar-refractivity contribution is 6.31. The van der Waals surface area contributed by atoms with Crippen LogP contribution in [-0.2, 0) is 6.54 Å². The molecule has 1 aromatic heterocycles. The van der Waals surface area contributed by atoms with Crippen molar-refractivity contribution in [3.05, 3.63) is 40.4 Å². The van der Waals surface area contributed by atoms with E-state index < -0.39 is 0 Å². The van der Waals surface area contributed by atoms with Crippen molar-refractivity contribution in [2.24, 2.45) is 5.73 Å². The van der Waals surface area contributed by atoms with Crippen molar-refractivity contribution in [3.63, 3.8) is 0 Å². The highest BCUT2D eigenvalue weighted by atomic mass is 35.5. The van der Waals surface area contributed by atoms with Gasteiger partial charge in [0.2, 0.25) is 0 Å². The van der Waals surface area contributed by atoms with Gasteiger partial charge in [0, 0.05) is 10.9 Å². The fraction of sp³-hybridized carbons (Fsp3) is 0.385. The minimum Gasteiger partial charge on any atom is -0.324 e. The summed E-state index contributed by atoms with van der Waals surface area (Å²) >= 11 is 6.14. The molecule has 0 bridgehead atoms. The lowest BCUT2D eigenvalue weighted by atomic mass is 10.2. The molecule has 2 N–H and O–H groups in total. The van der Waals surface area contributed by atoms with Crippen LogP contribution < -0.4 is 5.73 Å². The Morgan fingerprint density at radius 2 is 2.11 bits per heavy atom. The van der Waals surface area contributed by atoms with E-state index in [1.165, 1.54) is 0 Å². The van der Waals surface area contributed by atoms with E-state index >= 15 is 0 Å². The Labute approximate surface area is 112 Å². The van der Waals surface area contributed by atoms with Crippen LogP contribution in [-0.4, -0.2) is 14.8 Å². The van der Waals surface area contributed by atoms with Gasteiger partial charge in [0.25, 0.3) is 0 Å². The number of hydrogen-bond acceptors (Lipinski definition) is 3. The average Bonchev–Trinajstić information content (AvgIpc) is 2.76. The standard InChI is InChI=1S/C13H17ClN4/c1-8(2)13-16-12(7-15)18(17-13)11-6-4-5-10(14)9(11)3/h4-6,8H,7,15H2,1-3H3.